The summed E-state index contributed by atoms with van der Waals surface area (Å²) in [6.45, 7) is 5.89. The van der Waals surface area contributed by atoms with Crippen LogP contribution in [-0.4, -0.2) is 17.8 Å². The number of carbonyl (C=O) groups excluding carboxylic acids is 1. The Morgan fingerprint density at radius 3 is 2.56 bits per heavy atom. The zero-order chi connectivity index (χ0) is 13.7. The third-order valence-electron chi connectivity index (χ3n) is 2.58. The minimum Gasteiger partial charge on any atom is -0.348 e. The molecule has 2 nitrogen and oxygen atoms in total. The highest BCUT2D eigenvalue weighted by atomic mass is 35.5. The van der Waals surface area contributed by atoms with Crippen molar-refractivity contribution in [2.24, 2.45) is 5.92 Å². The summed E-state index contributed by atoms with van der Waals surface area (Å²) >= 11 is 5.82. The number of hydrogen-bond donors (Lipinski definition) is 1. The first-order chi connectivity index (χ1) is 8.42. The van der Waals surface area contributed by atoms with Gasteiger partial charge in [-0.25, -0.2) is 4.39 Å². The highest BCUT2D eigenvalue weighted by Gasteiger charge is 2.15. The number of halogens is 2. The fraction of sp³-hybridized carbons (Fsp3) is 0.500. The number of hydrogen-bond acceptors (Lipinski definition) is 1. The van der Waals surface area contributed by atoms with Gasteiger partial charge in [0.15, 0.2) is 0 Å². The second-order valence-corrected chi connectivity index (χ2v) is 5.28. The first kappa shape index (κ1) is 15.0. The molecule has 0 aliphatic heterocycles. The Bertz CT molecular complexity index is 400. The molecule has 1 amide bonds. The molecular formula is C14H19ClFNO. The summed E-state index contributed by atoms with van der Waals surface area (Å²) in [5, 5.41) is 2.83. The summed E-state index contributed by atoms with van der Waals surface area (Å²) in [6, 6.07) is 4.22. The molecule has 1 aromatic rings. The number of amides is 1. The predicted octanol–water partition coefficient (Wildman–Crippen LogP) is 3.52. The average Bonchev–Trinajstić information content (AvgIpc) is 2.26. The third kappa shape index (κ3) is 4.65. The van der Waals surface area contributed by atoms with Crippen molar-refractivity contribution in [3.63, 3.8) is 0 Å². The number of benzene rings is 1. The fourth-order valence-corrected chi connectivity index (χ4v) is 2.07. The fourth-order valence-electron chi connectivity index (χ4n) is 1.87. The van der Waals surface area contributed by atoms with Gasteiger partial charge in [-0.2, -0.15) is 0 Å². The van der Waals surface area contributed by atoms with E-state index in [9.17, 15) is 9.18 Å². The van der Waals surface area contributed by atoms with Crippen molar-refractivity contribution in [1.82, 2.24) is 5.32 Å². The van der Waals surface area contributed by atoms with Gasteiger partial charge < -0.3 is 5.32 Å². The van der Waals surface area contributed by atoms with E-state index in [0.717, 1.165) is 12.0 Å². The molecule has 1 atom stereocenters. The molecular weight excluding hydrogens is 253 g/mol. The zero-order valence-electron chi connectivity index (χ0n) is 11.0. The van der Waals surface area contributed by atoms with E-state index < -0.39 is 5.82 Å². The number of carbonyl (C=O) groups is 1. The highest BCUT2D eigenvalue weighted by molar-refractivity contribution is 6.18. The summed E-state index contributed by atoms with van der Waals surface area (Å²) < 4.78 is 13.2. The molecule has 0 saturated heterocycles. The van der Waals surface area contributed by atoms with Crippen molar-refractivity contribution in [2.75, 3.05) is 5.88 Å². The monoisotopic (exact) mass is 271 g/mol. The van der Waals surface area contributed by atoms with Crippen LogP contribution in [-0.2, 0) is 0 Å². The van der Waals surface area contributed by atoms with Crippen LogP contribution < -0.4 is 5.32 Å². The van der Waals surface area contributed by atoms with E-state index in [2.05, 4.69) is 19.2 Å². The Hall–Kier alpha value is -1.09. The van der Waals surface area contributed by atoms with E-state index in [1.165, 1.54) is 12.1 Å². The second kappa shape index (κ2) is 6.74. The van der Waals surface area contributed by atoms with Crippen LogP contribution >= 0.6 is 11.6 Å². The van der Waals surface area contributed by atoms with Crippen LogP contribution in [0.3, 0.4) is 0 Å². The lowest BCUT2D eigenvalue weighted by Gasteiger charge is -2.18. The first-order valence-corrected chi connectivity index (χ1v) is 6.60. The molecule has 0 aliphatic carbocycles. The van der Waals surface area contributed by atoms with E-state index in [0.29, 0.717) is 17.4 Å². The summed E-state index contributed by atoms with van der Waals surface area (Å²) in [5.41, 5.74) is 1.07. The maximum Gasteiger partial charge on any atom is 0.251 e. The molecule has 0 fully saturated rings. The smallest absolute Gasteiger partial charge is 0.251 e. The molecule has 1 rings (SSSR count). The standard InChI is InChI=1S/C14H19ClFNO/c1-9(2)4-13(8-15)17-14(18)11-5-10(3)6-12(16)7-11/h5-7,9,13H,4,8H2,1-3H3,(H,17,18). The van der Waals surface area contributed by atoms with Gasteiger partial charge in [-0.15, -0.1) is 11.6 Å². The van der Waals surface area contributed by atoms with E-state index in [-0.39, 0.29) is 11.9 Å². The molecule has 1 aromatic carbocycles. The van der Waals surface area contributed by atoms with Gasteiger partial charge in [0.05, 0.1) is 0 Å². The largest absolute Gasteiger partial charge is 0.348 e. The van der Waals surface area contributed by atoms with Crippen LogP contribution in [0.25, 0.3) is 0 Å². The topological polar surface area (TPSA) is 29.1 Å². The zero-order valence-corrected chi connectivity index (χ0v) is 11.7. The molecule has 0 heterocycles. The minimum atomic E-state index is -0.397. The van der Waals surface area contributed by atoms with E-state index in [1.807, 2.05) is 0 Å². The van der Waals surface area contributed by atoms with Crippen LogP contribution in [0.15, 0.2) is 18.2 Å². The molecule has 0 radical (unpaired) electrons. The van der Waals surface area contributed by atoms with E-state index in [1.54, 1.807) is 13.0 Å². The van der Waals surface area contributed by atoms with Crippen LogP contribution in [0.1, 0.15) is 36.2 Å². The number of aryl methyl sites for hydroxylation is 1. The van der Waals surface area contributed by atoms with Crippen LogP contribution in [0, 0.1) is 18.7 Å². The highest BCUT2D eigenvalue weighted by Crippen LogP contribution is 2.11. The lowest BCUT2D eigenvalue weighted by atomic mass is 10.0. The Labute approximate surface area is 113 Å². The summed E-state index contributed by atoms with van der Waals surface area (Å²) in [7, 11) is 0. The summed E-state index contributed by atoms with van der Waals surface area (Å²) in [5.74, 6) is 0.136. The maximum absolute atomic E-state index is 13.2. The van der Waals surface area contributed by atoms with Gasteiger partial charge in [0.25, 0.3) is 5.91 Å². The van der Waals surface area contributed by atoms with Gasteiger partial charge in [0.1, 0.15) is 5.82 Å². The summed E-state index contributed by atoms with van der Waals surface area (Å²) in [4.78, 5) is 12.0. The van der Waals surface area contributed by atoms with Gasteiger partial charge in [-0.05, 0) is 43.0 Å². The lowest BCUT2D eigenvalue weighted by molar-refractivity contribution is 0.0936. The molecule has 0 bridgehead atoms. The average molecular weight is 272 g/mol. The molecule has 4 heteroatoms. The number of rotatable bonds is 5. The van der Waals surface area contributed by atoms with Crippen molar-refractivity contribution in [1.29, 1.82) is 0 Å². The molecule has 1 unspecified atom stereocenters. The van der Waals surface area contributed by atoms with Crippen LogP contribution in [0.2, 0.25) is 0 Å². The molecule has 0 saturated carbocycles. The molecule has 1 N–H and O–H groups in total. The van der Waals surface area contributed by atoms with Crippen molar-refractivity contribution >= 4 is 17.5 Å². The van der Waals surface area contributed by atoms with Crippen molar-refractivity contribution < 1.29 is 9.18 Å². The van der Waals surface area contributed by atoms with Gasteiger partial charge >= 0.3 is 0 Å². The van der Waals surface area contributed by atoms with Gasteiger partial charge in [0, 0.05) is 17.5 Å². The molecule has 0 aliphatic rings. The number of alkyl halides is 1. The Morgan fingerprint density at radius 2 is 2.06 bits per heavy atom. The van der Waals surface area contributed by atoms with Gasteiger partial charge in [-0.1, -0.05) is 13.8 Å². The van der Waals surface area contributed by atoms with Gasteiger partial charge in [0.2, 0.25) is 0 Å². The lowest BCUT2D eigenvalue weighted by Crippen LogP contribution is -2.37. The SMILES string of the molecule is Cc1cc(F)cc(C(=O)NC(CCl)CC(C)C)c1. The quantitative estimate of drug-likeness (QED) is 0.816. The molecule has 0 spiro atoms. The van der Waals surface area contributed by atoms with Crippen molar-refractivity contribution in [3.8, 4) is 0 Å². The Balaban J connectivity index is 2.74. The van der Waals surface area contributed by atoms with E-state index in [4.69, 9.17) is 11.6 Å². The predicted molar refractivity (Wildman–Crippen MR) is 72.6 cm³/mol. The normalized spacial score (nSPS) is 12.6. The first-order valence-electron chi connectivity index (χ1n) is 6.06. The van der Waals surface area contributed by atoms with Crippen LogP contribution in [0.5, 0.6) is 0 Å². The Morgan fingerprint density at radius 1 is 1.39 bits per heavy atom. The number of nitrogens with one attached hydrogen (secondary N) is 1. The van der Waals surface area contributed by atoms with Crippen LogP contribution in [0.4, 0.5) is 4.39 Å². The molecule has 100 valence electrons. The van der Waals surface area contributed by atoms with Crippen molar-refractivity contribution in [3.05, 3.63) is 35.1 Å². The second-order valence-electron chi connectivity index (χ2n) is 4.97. The third-order valence-corrected chi connectivity index (χ3v) is 2.95. The Kier molecular flexibility index (Phi) is 5.60. The van der Waals surface area contributed by atoms with Gasteiger partial charge in [-0.3, -0.25) is 4.79 Å². The molecule has 0 aromatic heterocycles. The van der Waals surface area contributed by atoms with E-state index >= 15 is 0 Å². The minimum absolute atomic E-state index is 0.0808. The summed E-state index contributed by atoms with van der Waals surface area (Å²) in [6.07, 6.45) is 0.809. The maximum atomic E-state index is 13.2. The van der Waals surface area contributed by atoms with Crippen molar-refractivity contribution in [2.45, 2.75) is 33.2 Å². The molecule has 18 heavy (non-hydrogen) atoms.